The molecule has 21 heavy (non-hydrogen) atoms. The monoisotopic (exact) mass is 308 g/mol. The van der Waals surface area contributed by atoms with Crippen LogP contribution in [-0.2, 0) is 0 Å². The van der Waals surface area contributed by atoms with Gasteiger partial charge in [-0.2, -0.15) is 4.98 Å². The molecule has 6 nitrogen and oxygen atoms in total. The summed E-state index contributed by atoms with van der Waals surface area (Å²) in [6, 6.07) is 2.51. The van der Waals surface area contributed by atoms with Crippen molar-refractivity contribution in [3.8, 4) is 0 Å². The minimum Gasteiger partial charge on any atom is -0.352 e. The van der Waals surface area contributed by atoms with Crippen molar-refractivity contribution in [2.75, 3.05) is 37.5 Å². The second-order valence-corrected chi connectivity index (χ2v) is 6.72. The Hall–Kier alpha value is -1.44. The van der Waals surface area contributed by atoms with Gasteiger partial charge < -0.3 is 9.80 Å². The van der Waals surface area contributed by atoms with E-state index in [-0.39, 0.29) is 0 Å². The zero-order chi connectivity index (χ0) is 15.6. The predicted octanol–water partition coefficient (Wildman–Crippen LogP) is 2.06. The van der Waals surface area contributed by atoms with Gasteiger partial charge in [-0.15, -0.1) is 11.3 Å². The first-order chi connectivity index (χ1) is 9.96. The molecule has 0 saturated carbocycles. The number of nitrogens with zero attached hydrogens (tertiary/aromatic N) is 4. The summed E-state index contributed by atoms with van der Waals surface area (Å²) in [7, 11) is 4.17. The van der Waals surface area contributed by atoms with E-state index < -0.39 is 0 Å². The van der Waals surface area contributed by atoms with Gasteiger partial charge in [-0.1, -0.05) is 0 Å². The van der Waals surface area contributed by atoms with Crippen LogP contribution in [0.1, 0.15) is 18.7 Å². The van der Waals surface area contributed by atoms with E-state index in [0.717, 1.165) is 29.1 Å². The molecule has 0 aromatic carbocycles. The number of thiophene rings is 1. The molecule has 0 fully saturated rings. The van der Waals surface area contributed by atoms with Crippen LogP contribution in [0.5, 0.6) is 0 Å². The number of hydrogen-bond acceptors (Lipinski definition) is 7. The molecule has 0 saturated heterocycles. The Balaban J connectivity index is 2.50. The van der Waals surface area contributed by atoms with E-state index in [1.807, 2.05) is 0 Å². The first kappa shape index (κ1) is 15.9. The largest absolute Gasteiger partial charge is 0.352 e. The molecule has 0 aliphatic carbocycles. The molecule has 0 amide bonds. The van der Waals surface area contributed by atoms with E-state index in [1.165, 1.54) is 4.88 Å². The summed E-state index contributed by atoms with van der Waals surface area (Å²) in [4.78, 5) is 15.7. The Labute approximate surface area is 129 Å². The Morgan fingerprint density at radius 2 is 2.10 bits per heavy atom. The second kappa shape index (κ2) is 6.55. The molecule has 2 heterocycles. The average Bonchev–Trinajstić information content (AvgIpc) is 2.78. The third-order valence-corrected chi connectivity index (χ3v) is 4.34. The van der Waals surface area contributed by atoms with Crippen molar-refractivity contribution in [3.63, 3.8) is 0 Å². The fraction of sp³-hybridized carbons (Fsp3) is 0.571. The van der Waals surface area contributed by atoms with Crippen molar-refractivity contribution >= 4 is 33.3 Å². The summed E-state index contributed by atoms with van der Waals surface area (Å²) < 4.78 is 0. The lowest BCUT2D eigenvalue weighted by atomic mass is 10.2. The van der Waals surface area contributed by atoms with Crippen LogP contribution in [0.15, 0.2) is 6.07 Å². The summed E-state index contributed by atoms with van der Waals surface area (Å²) in [5.74, 6) is 6.94. The van der Waals surface area contributed by atoms with Crippen LogP contribution in [0.4, 0.5) is 11.8 Å². The molecule has 1 atom stereocenters. The van der Waals surface area contributed by atoms with Crippen LogP contribution < -0.4 is 16.2 Å². The normalized spacial score (nSPS) is 12.9. The van der Waals surface area contributed by atoms with Gasteiger partial charge in [-0.25, -0.2) is 10.8 Å². The molecule has 7 heteroatoms. The van der Waals surface area contributed by atoms with Gasteiger partial charge >= 0.3 is 0 Å². The number of likely N-dealkylation sites (N-methyl/N-ethyl adjacent to an activating group) is 2. The molecule has 0 aliphatic rings. The smallest absolute Gasteiger partial charge is 0.240 e. The van der Waals surface area contributed by atoms with Crippen LogP contribution in [0.2, 0.25) is 0 Å². The first-order valence-corrected chi connectivity index (χ1v) is 7.94. The number of anilines is 2. The van der Waals surface area contributed by atoms with Gasteiger partial charge in [0.25, 0.3) is 0 Å². The molecular formula is C14H24N6S. The zero-order valence-corrected chi connectivity index (χ0v) is 14.2. The van der Waals surface area contributed by atoms with E-state index in [0.29, 0.717) is 12.0 Å². The fourth-order valence-electron chi connectivity index (χ4n) is 2.61. The van der Waals surface area contributed by atoms with Crippen molar-refractivity contribution in [1.82, 2.24) is 14.9 Å². The number of hydrogen-bond donors (Lipinski definition) is 2. The Morgan fingerprint density at radius 1 is 1.38 bits per heavy atom. The van der Waals surface area contributed by atoms with Gasteiger partial charge in [0.15, 0.2) is 0 Å². The number of nitrogens with one attached hydrogen (secondary N) is 1. The number of nitrogens with two attached hydrogens (primary N) is 1. The molecule has 2 rings (SSSR count). The number of aryl methyl sites for hydroxylation is 1. The maximum absolute atomic E-state index is 5.52. The fourth-order valence-corrected chi connectivity index (χ4v) is 3.48. The lowest BCUT2D eigenvalue weighted by Crippen LogP contribution is -2.40. The number of hydrazine groups is 1. The summed E-state index contributed by atoms with van der Waals surface area (Å²) in [5, 5.41) is 1.10. The Morgan fingerprint density at radius 3 is 2.67 bits per heavy atom. The number of nitrogen functional groups attached to an aromatic ring is 1. The highest BCUT2D eigenvalue weighted by Gasteiger charge is 2.20. The van der Waals surface area contributed by atoms with Crippen molar-refractivity contribution in [2.45, 2.75) is 26.8 Å². The van der Waals surface area contributed by atoms with Crippen molar-refractivity contribution in [1.29, 1.82) is 0 Å². The summed E-state index contributed by atoms with van der Waals surface area (Å²) >= 11 is 1.67. The third kappa shape index (κ3) is 3.42. The summed E-state index contributed by atoms with van der Waals surface area (Å²) in [6.45, 7) is 8.31. The molecular weight excluding hydrogens is 284 g/mol. The van der Waals surface area contributed by atoms with Crippen LogP contribution in [0.3, 0.4) is 0 Å². The molecule has 0 radical (unpaired) electrons. The predicted molar refractivity (Wildman–Crippen MR) is 91.0 cm³/mol. The molecule has 116 valence electrons. The lowest BCUT2D eigenvalue weighted by molar-refractivity contribution is 0.372. The van der Waals surface area contributed by atoms with E-state index >= 15 is 0 Å². The van der Waals surface area contributed by atoms with Crippen LogP contribution in [0, 0.1) is 6.92 Å². The van der Waals surface area contributed by atoms with Crippen LogP contribution in [-0.4, -0.2) is 48.1 Å². The SMILES string of the molecule is CCN(c1nc(NN)nc2sc(C)cc12)C(C)CN(C)C. The standard InChI is InChI=1S/C14H24N6S/c1-6-20(9(2)8-19(4)5)12-11-7-10(3)21-13(11)17-14(16-12)18-15/h7,9H,6,8,15H2,1-5H3,(H,16,17,18). The van der Waals surface area contributed by atoms with E-state index in [4.69, 9.17) is 5.84 Å². The van der Waals surface area contributed by atoms with Crippen molar-refractivity contribution in [2.24, 2.45) is 5.84 Å². The topological polar surface area (TPSA) is 70.3 Å². The molecule has 2 aromatic heterocycles. The second-order valence-electron chi connectivity index (χ2n) is 5.49. The number of aromatic nitrogens is 2. The first-order valence-electron chi connectivity index (χ1n) is 7.12. The van der Waals surface area contributed by atoms with Gasteiger partial charge in [0.05, 0.1) is 5.39 Å². The van der Waals surface area contributed by atoms with Gasteiger partial charge in [-0.05, 0) is 40.9 Å². The quantitative estimate of drug-likeness (QED) is 0.629. The van der Waals surface area contributed by atoms with Crippen molar-refractivity contribution in [3.05, 3.63) is 10.9 Å². The molecule has 2 aromatic rings. The minimum atomic E-state index is 0.355. The minimum absolute atomic E-state index is 0.355. The van der Waals surface area contributed by atoms with E-state index in [1.54, 1.807) is 11.3 Å². The van der Waals surface area contributed by atoms with Gasteiger partial charge in [0, 0.05) is 24.0 Å². The number of rotatable bonds is 6. The maximum Gasteiger partial charge on any atom is 0.240 e. The van der Waals surface area contributed by atoms with E-state index in [9.17, 15) is 0 Å². The number of fused-ring (bicyclic) bond motifs is 1. The Kier molecular flexibility index (Phi) is 4.97. The average molecular weight is 308 g/mol. The van der Waals surface area contributed by atoms with Crippen LogP contribution >= 0.6 is 11.3 Å². The molecule has 0 bridgehead atoms. The highest BCUT2D eigenvalue weighted by molar-refractivity contribution is 7.18. The molecule has 0 aliphatic heterocycles. The summed E-state index contributed by atoms with van der Waals surface area (Å²) in [5.41, 5.74) is 2.57. The van der Waals surface area contributed by atoms with Gasteiger partial charge in [0.1, 0.15) is 10.6 Å². The molecule has 3 N–H and O–H groups in total. The van der Waals surface area contributed by atoms with Gasteiger partial charge in [-0.3, -0.25) is 5.43 Å². The van der Waals surface area contributed by atoms with Crippen molar-refractivity contribution < 1.29 is 0 Å². The maximum atomic E-state index is 5.52. The Bertz CT molecular complexity index is 609. The van der Waals surface area contributed by atoms with Crippen LogP contribution in [0.25, 0.3) is 10.2 Å². The zero-order valence-electron chi connectivity index (χ0n) is 13.3. The third-order valence-electron chi connectivity index (χ3n) is 3.40. The highest BCUT2D eigenvalue weighted by Crippen LogP contribution is 2.32. The van der Waals surface area contributed by atoms with Gasteiger partial charge in [0.2, 0.25) is 5.95 Å². The molecule has 0 spiro atoms. The van der Waals surface area contributed by atoms with E-state index in [2.05, 4.69) is 66.1 Å². The highest BCUT2D eigenvalue weighted by atomic mass is 32.1. The molecule has 1 unspecified atom stereocenters. The lowest BCUT2D eigenvalue weighted by Gasteiger charge is -2.31. The summed E-state index contributed by atoms with van der Waals surface area (Å²) in [6.07, 6.45) is 0.